The summed E-state index contributed by atoms with van der Waals surface area (Å²) in [5.74, 6) is 0. The van der Waals surface area contributed by atoms with Crippen molar-refractivity contribution >= 4 is 67.9 Å². The molecule has 3 aromatic rings. The predicted molar refractivity (Wildman–Crippen MR) is 81.5 cm³/mol. The fourth-order valence-corrected chi connectivity index (χ4v) is 3.10. The minimum Gasteiger partial charge on any atom is -0.0837 e. The number of fused-ring (bicyclic) bond motifs is 3. The van der Waals surface area contributed by atoms with Gasteiger partial charge in [-0.3, -0.25) is 0 Å². The largest absolute Gasteiger partial charge is 0.0837 e. The summed E-state index contributed by atoms with van der Waals surface area (Å²) in [6.45, 7) is 0. The summed E-state index contributed by atoms with van der Waals surface area (Å²) in [4.78, 5) is 0. The summed E-state index contributed by atoms with van der Waals surface area (Å²) in [6.07, 6.45) is 0. The van der Waals surface area contributed by atoms with Gasteiger partial charge >= 0.3 is 0 Å². The fraction of sp³-hybridized carbons (Fsp3) is 0. The van der Waals surface area contributed by atoms with E-state index in [1.165, 1.54) is 0 Å². The van der Waals surface area contributed by atoms with Crippen LogP contribution in [0, 0.1) is 0 Å². The molecule has 0 fully saturated rings. The van der Waals surface area contributed by atoms with Crippen LogP contribution in [0.5, 0.6) is 0 Å². The molecule has 0 aromatic heterocycles. The Labute approximate surface area is 124 Å². The van der Waals surface area contributed by atoms with E-state index >= 15 is 0 Å². The maximum absolute atomic E-state index is 6.27. The van der Waals surface area contributed by atoms with Gasteiger partial charge in [0.1, 0.15) is 0 Å². The van der Waals surface area contributed by atoms with Crippen molar-refractivity contribution in [1.82, 2.24) is 0 Å². The highest BCUT2D eigenvalue weighted by atomic mass is 35.5. The molecule has 0 spiro atoms. The molecular formula is C14H6Cl4. The zero-order chi connectivity index (χ0) is 12.9. The van der Waals surface area contributed by atoms with Crippen LogP contribution in [0.15, 0.2) is 36.4 Å². The molecule has 0 radical (unpaired) electrons. The van der Waals surface area contributed by atoms with Gasteiger partial charge in [-0.1, -0.05) is 58.5 Å². The molecule has 0 aliphatic rings. The standard InChI is InChI=1S/C14H6Cl4/c15-9-3-5-11(17)13-7(9)1-2-8-10(16)4-6-12(18)14(8)13/h1-6H. The van der Waals surface area contributed by atoms with Crippen LogP contribution < -0.4 is 0 Å². The van der Waals surface area contributed by atoms with Crippen molar-refractivity contribution in [2.45, 2.75) is 0 Å². The van der Waals surface area contributed by atoms with Gasteiger partial charge in [-0.15, -0.1) is 0 Å². The molecule has 3 aromatic carbocycles. The second-order valence-corrected chi connectivity index (χ2v) is 5.60. The van der Waals surface area contributed by atoms with Crippen LogP contribution in [0.2, 0.25) is 20.1 Å². The van der Waals surface area contributed by atoms with E-state index in [0.29, 0.717) is 20.1 Å². The molecule has 90 valence electrons. The molecule has 3 rings (SSSR count). The third kappa shape index (κ3) is 1.76. The van der Waals surface area contributed by atoms with E-state index in [4.69, 9.17) is 46.4 Å². The van der Waals surface area contributed by atoms with Gasteiger partial charge in [0.15, 0.2) is 0 Å². The van der Waals surface area contributed by atoms with Crippen molar-refractivity contribution in [1.29, 1.82) is 0 Å². The van der Waals surface area contributed by atoms with Gasteiger partial charge in [-0.25, -0.2) is 0 Å². The van der Waals surface area contributed by atoms with E-state index in [9.17, 15) is 0 Å². The molecule has 0 saturated carbocycles. The SMILES string of the molecule is Clc1ccc(Cl)c2c1ccc1c(Cl)ccc(Cl)c12. The van der Waals surface area contributed by atoms with Crippen LogP contribution in [-0.2, 0) is 0 Å². The lowest BCUT2D eigenvalue weighted by molar-refractivity contribution is 1.76. The molecule has 0 amide bonds. The van der Waals surface area contributed by atoms with Crippen molar-refractivity contribution < 1.29 is 0 Å². The first-order valence-corrected chi connectivity index (χ1v) is 6.75. The molecule has 0 bridgehead atoms. The number of hydrogen-bond acceptors (Lipinski definition) is 0. The maximum Gasteiger partial charge on any atom is 0.0492 e. The van der Waals surface area contributed by atoms with Crippen molar-refractivity contribution in [2.24, 2.45) is 0 Å². The Morgan fingerprint density at radius 1 is 0.444 bits per heavy atom. The molecule has 0 N–H and O–H groups in total. The number of hydrogen-bond donors (Lipinski definition) is 0. The Kier molecular flexibility index (Phi) is 3.07. The second kappa shape index (κ2) is 4.47. The summed E-state index contributed by atoms with van der Waals surface area (Å²) in [7, 11) is 0. The first-order valence-electron chi connectivity index (χ1n) is 5.24. The Morgan fingerprint density at radius 2 is 0.778 bits per heavy atom. The van der Waals surface area contributed by atoms with Crippen molar-refractivity contribution in [3.8, 4) is 0 Å². The third-order valence-corrected chi connectivity index (χ3v) is 4.24. The minimum absolute atomic E-state index is 0.615. The highest BCUT2D eigenvalue weighted by Gasteiger charge is 2.12. The quantitative estimate of drug-likeness (QED) is 0.410. The highest BCUT2D eigenvalue weighted by Crippen LogP contribution is 2.40. The zero-order valence-corrected chi connectivity index (χ0v) is 12.0. The lowest BCUT2D eigenvalue weighted by atomic mass is 10.0. The van der Waals surface area contributed by atoms with Gasteiger partial charge in [0.05, 0.1) is 0 Å². The minimum atomic E-state index is 0.615. The van der Waals surface area contributed by atoms with Crippen LogP contribution in [0.3, 0.4) is 0 Å². The summed E-state index contributed by atoms with van der Waals surface area (Å²) < 4.78 is 0. The van der Waals surface area contributed by atoms with E-state index in [0.717, 1.165) is 21.5 Å². The van der Waals surface area contributed by atoms with Gasteiger partial charge in [-0.05, 0) is 24.3 Å². The molecule has 0 atom stereocenters. The molecule has 18 heavy (non-hydrogen) atoms. The van der Waals surface area contributed by atoms with Crippen LogP contribution in [0.1, 0.15) is 0 Å². The molecule has 4 heteroatoms. The van der Waals surface area contributed by atoms with Crippen molar-refractivity contribution in [3.63, 3.8) is 0 Å². The summed E-state index contributed by atoms with van der Waals surface area (Å²) in [5.41, 5.74) is 0. The summed E-state index contributed by atoms with van der Waals surface area (Å²) in [5, 5.41) is 5.96. The molecule has 0 saturated heterocycles. The van der Waals surface area contributed by atoms with Gasteiger partial charge < -0.3 is 0 Å². The second-order valence-electron chi connectivity index (χ2n) is 3.97. The van der Waals surface area contributed by atoms with Crippen LogP contribution in [0.25, 0.3) is 21.5 Å². The third-order valence-electron chi connectivity index (χ3n) is 2.95. The lowest BCUT2D eigenvalue weighted by Gasteiger charge is -2.10. The number of benzene rings is 3. The van der Waals surface area contributed by atoms with E-state index in [1.54, 1.807) is 24.3 Å². The van der Waals surface area contributed by atoms with Crippen molar-refractivity contribution in [2.75, 3.05) is 0 Å². The Morgan fingerprint density at radius 3 is 1.17 bits per heavy atom. The van der Waals surface area contributed by atoms with E-state index < -0.39 is 0 Å². The Hall–Kier alpha value is -0.660. The molecule has 0 aliphatic carbocycles. The smallest absolute Gasteiger partial charge is 0.0492 e. The van der Waals surface area contributed by atoms with Gasteiger partial charge in [0, 0.05) is 41.6 Å². The monoisotopic (exact) mass is 314 g/mol. The maximum atomic E-state index is 6.27. The summed E-state index contributed by atoms with van der Waals surface area (Å²) >= 11 is 24.9. The fourth-order valence-electron chi connectivity index (χ4n) is 2.14. The average Bonchev–Trinajstić information content (AvgIpc) is 2.37. The molecule has 0 heterocycles. The van der Waals surface area contributed by atoms with E-state index in [-0.39, 0.29) is 0 Å². The van der Waals surface area contributed by atoms with Crippen LogP contribution in [-0.4, -0.2) is 0 Å². The van der Waals surface area contributed by atoms with Crippen molar-refractivity contribution in [3.05, 3.63) is 56.5 Å². The van der Waals surface area contributed by atoms with E-state index in [2.05, 4.69) is 0 Å². The molecular weight excluding hydrogens is 310 g/mol. The molecule has 0 nitrogen and oxygen atoms in total. The number of halogens is 4. The molecule has 0 unspecified atom stereocenters. The van der Waals surface area contributed by atoms with Gasteiger partial charge in [0.2, 0.25) is 0 Å². The summed E-state index contributed by atoms with van der Waals surface area (Å²) in [6, 6.07) is 10.9. The molecule has 0 aliphatic heterocycles. The van der Waals surface area contributed by atoms with E-state index in [1.807, 2.05) is 12.1 Å². The average molecular weight is 316 g/mol. The Bertz CT molecular complexity index is 711. The zero-order valence-electron chi connectivity index (χ0n) is 8.98. The highest BCUT2D eigenvalue weighted by molar-refractivity contribution is 6.47. The first-order chi connectivity index (χ1) is 8.59. The van der Waals surface area contributed by atoms with Gasteiger partial charge in [0.25, 0.3) is 0 Å². The predicted octanol–water partition coefficient (Wildman–Crippen LogP) is 6.61. The normalized spacial score (nSPS) is 11.3. The topological polar surface area (TPSA) is 0 Å². The first kappa shape index (κ1) is 12.4. The Balaban J connectivity index is 2.69. The number of rotatable bonds is 0. The van der Waals surface area contributed by atoms with Gasteiger partial charge in [-0.2, -0.15) is 0 Å². The lowest BCUT2D eigenvalue weighted by Crippen LogP contribution is -1.83. The van der Waals surface area contributed by atoms with Crippen LogP contribution in [0.4, 0.5) is 0 Å². The van der Waals surface area contributed by atoms with Crippen LogP contribution >= 0.6 is 46.4 Å².